The van der Waals surface area contributed by atoms with Crippen LogP contribution in [-0.4, -0.2) is 20.4 Å². The smallest absolute Gasteiger partial charge is 0.248 e. The number of sulfonamides is 1. The van der Waals surface area contributed by atoms with Crippen LogP contribution in [0.25, 0.3) is 17.0 Å². The van der Waals surface area contributed by atoms with E-state index in [0.29, 0.717) is 16.7 Å². The molecule has 0 saturated heterocycles. The molecule has 2 aromatic carbocycles. The Morgan fingerprint density at radius 1 is 1.00 bits per heavy atom. The van der Waals surface area contributed by atoms with Gasteiger partial charge in [0.1, 0.15) is 11.8 Å². The number of hydrogen-bond acceptors (Lipinski definition) is 5. The molecule has 0 unspecified atom stereocenters. The average molecular weight is 453 g/mol. The summed E-state index contributed by atoms with van der Waals surface area (Å²) < 4.78 is 33.3. The second-order valence-electron chi connectivity index (χ2n) is 7.82. The van der Waals surface area contributed by atoms with E-state index in [0.717, 1.165) is 32.1 Å². The highest BCUT2D eigenvalue weighted by Crippen LogP contribution is 2.21. The number of anilines is 1. The Bertz CT molecular complexity index is 1300. The van der Waals surface area contributed by atoms with Gasteiger partial charge in [0, 0.05) is 17.8 Å². The zero-order chi connectivity index (χ0) is 22.6. The summed E-state index contributed by atoms with van der Waals surface area (Å²) in [6, 6.07) is 12.8. The quantitative estimate of drug-likeness (QED) is 0.549. The molecule has 3 aromatic rings. The molecule has 0 aliphatic heterocycles. The summed E-state index contributed by atoms with van der Waals surface area (Å²) in [5.74, 6) is -0.450. The molecule has 0 atom stereocenters. The summed E-state index contributed by atoms with van der Waals surface area (Å²) in [5, 5.41) is 3.09. The normalized spacial score (nSPS) is 15.2. The molecule has 8 heteroatoms. The van der Waals surface area contributed by atoms with Crippen molar-refractivity contribution in [2.75, 3.05) is 5.32 Å². The molecule has 2 N–H and O–H groups in total. The Balaban J connectivity index is 1.40. The number of amides is 1. The first-order chi connectivity index (χ1) is 15.4. The second kappa shape index (κ2) is 9.50. The van der Waals surface area contributed by atoms with Crippen LogP contribution in [0.5, 0.6) is 0 Å². The summed E-state index contributed by atoms with van der Waals surface area (Å²) in [5.41, 5.74) is 0.957. The van der Waals surface area contributed by atoms with Gasteiger partial charge in [0.15, 0.2) is 5.43 Å². The van der Waals surface area contributed by atoms with E-state index in [4.69, 9.17) is 4.42 Å². The first-order valence-corrected chi connectivity index (χ1v) is 12.0. The van der Waals surface area contributed by atoms with Crippen LogP contribution in [-0.2, 0) is 14.8 Å². The first-order valence-electron chi connectivity index (χ1n) is 10.5. The maximum absolute atomic E-state index is 12.6. The van der Waals surface area contributed by atoms with Crippen LogP contribution in [0.2, 0.25) is 0 Å². The lowest BCUT2D eigenvalue weighted by Crippen LogP contribution is -2.36. The predicted molar refractivity (Wildman–Crippen MR) is 124 cm³/mol. The highest BCUT2D eigenvalue weighted by molar-refractivity contribution is 7.89. The van der Waals surface area contributed by atoms with E-state index in [2.05, 4.69) is 10.0 Å². The molecule has 1 heterocycles. The summed E-state index contributed by atoms with van der Waals surface area (Å²) in [4.78, 5) is 24.9. The fourth-order valence-corrected chi connectivity index (χ4v) is 5.09. The van der Waals surface area contributed by atoms with Gasteiger partial charge in [-0.15, -0.1) is 0 Å². The summed E-state index contributed by atoms with van der Waals surface area (Å²) in [6.45, 7) is 0. The monoisotopic (exact) mass is 452 g/mol. The number of hydrogen-bond donors (Lipinski definition) is 2. The molecule has 1 fully saturated rings. The van der Waals surface area contributed by atoms with Crippen LogP contribution >= 0.6 is 0 Å². The predicted octanol–water partition coefficient (Wildman–Crippen LogP) is 4.06. The van der Waals surface area contributed by atoms with Gasteiger partial charge in [-0.25, -0.2) is 13.1 Å². The fraction of sp³-hybridized carbons (Fsp3) is 0.250. The molecule has 32 heavy (non-hydrogen) atoms. The van der Waals surface area contributed by atoms with E-state index in [9.17, 15) is 18.0 Å². The second-order valence-corrected chi connectivity index (χ2v) is 9.53. The standard InChI is InChI=1S/C24H24N2O5S/c27-23(15-10-17-16-31-22-9-5-4-8-21(22)24(17)28)25-18-11-13-20(14-12-18)32(29,30)26-19-6-2-1-3-7-19/h4-5,8-16,19,26H,1-3,6-7H2,(H,25,27)/b15-10+. The minimum Gasteiger partial charge on any atom is -0.463 e. The Morgan fingerprint density at radius 3 is 2.47 bits per heavy atom. The van der Waals surface area contributed by atoms with Crippen molar-refractivity contribution < 1.29 is 17.6 Å². The van der Waals surface area contributed by atoms with E-state index in [-0.39, 0.29) is 21.9 Å². The van der Waals surface area contributed by atoms with E-state index >= 15 is 0 Å². The zero-order valence-corrected chi connectivity index (χ0v) is 18.2. The molecule has 4 rings (SSSR count). The number of rotatable bonds is 6. The van der Waals surface area contributed by atoms with Crippen molar-refractivity contribution in [3.63, 3.8) is 0 Å². The van der Waals surface area contributed by atoms with Crippen LogP contribution in [0.15, 0.2) is 75.0 Å². The molecular formula is C24H24N2O5S. The first kappa shape index (κ1) is 22.0. The topological polar surface area (TPSA) is 105 Å². The van der Waals surface area contributed by atoms with Crippen molar-refractivity contribution >= 4 is 38.7 Å². The van der Waals surface area contributed by atoms with Gasteiger partial charge in [-0.3, -0.25) is 9.59 Å². The van der Waals surface area contributed by atoms with Gasteiger partial charge in [0.25, 0.3) is 0 Å². The minimum absolute atomic E-state index is 0.0222. The van der Waals surface area contributed by atoms with Gasteiger partial charge >= 0.3 is 0 Å². The lowest BCUT2D eigenvalue weighted by molar-refractivity contribution is -0.111. The molecule has 166 valence electrons. The Labute approximate surface area is 186 Å². The molecule has 1 aliphatic rings. The van der Waals surface area contributed by atoms with Crippen LogP contribution in [0.3, 0.4) is 0 Å². The highest BCUT2D eigenvalue weighted by Gasteiger charge is 2.21. The molecule has 0 spiro atoms. The maximum Gasteiger partial charge on any atom is 0.248 e. The van der Waals surface area contributed by atoms with Crippen molar-refractivity contribution in [1.82, 2.24) is 4.72 Å². The molecule has 1 saturated carbocycles. The largest absolute Gasteiger partial charge is 0.463 e. The van der Waals surface area contributed by atoms with E-state index in [1.807, 2.05) is 0 Å². The van der Waals surface area contributed by atoms with Gasteiger partial charge in [-0.2, -0.15) is 0 Å². The van der Waals surface area contributed by atoms with Crippen molar-refractivity contribution in [2.45, 2.75) is 43.0 Å². The minimum atomic E-state index is -3.60. The molecular weight excluding hydrogens is 428 g/mol. The highest BCUT2D eigenvalue weighted by atomic mass is 32.2. The third kappa shape index (κ3) is 5.15. The van der Waals surface area contributed by atoms with Crippen LogP contribution in [0, 0.1) is 0 Å². The molecule has 0 radical (unpaired) electrons. The number of nitrogens with one attached hydrogen (secondary N) is 2. The van der Waals surface area contributed by atoms with Crippen molar-refractivity contribution in [1.29, 1.82) is 0 Å². The van der Waals surface area contributed by atoms with E-state index in [1.54, 1.807) is 24.3 Å². The Kier molecular flexibility index (Phi) is 6.53. The zero-order valence-electron chi connectivity index (χ0n) is 17.4. The molecule has 0 bridgehead atoms. The maximum atomic E-state index is 12.6. The van der Waals surface area contributed by atoms with Gasteiger partial charge < -0.3 is 9.73 Å². The van der Waals surface area contributed by atoms with Crippen molar-refractivity contribution in [3.05, 3.63) is 76.7 Å². The average Bonchev–Trinajstić information content (AvgIpc) is 2.79. The number of carbonyl (C=O) groups is 1. The van der Waals surface area contributed by atoms with Gasteiger partial charge in [0.2, 0.25) is 15.9 Å². The lowest BCUT2D eigenvalue weighted by Gasteiger charge is -2.22. The van der Waals surface area contributed by atoms with Crippen molar-refractivity contribution in [3.8, 4) is 0 Å². The Hall–Kier alpha value is -3.23. The molecule has 1 aliphatic carbocycles. The number of para-hydroxylation sites is 1. The van der Waals surface area contributed by atoms with Gasteiger partial charge in [-0.05, 0) is 55.3 Å². The van der Waals surface area contributed by atoms with Gasteiger partial charge in [0.05, 0.1) is 15.8 Å². The molecule has 7 nitrogen and oxygen atoms in total. The fourth-order valence-electron chi connectivity index (χ4n) is 3.78. The summed E-state index contributed by atoms with van der Waals surface area (Å²) in [6.07, 6.45) is 8.86. The number of carbonyl (C=O) groups excluding carboxylic acids is 1. The van der Waals surface area contributed by atoms with E-state index in [1.165, 1.54) is 42.7 Å². The third-order valence-electron chi connectivity index (χ3n) is 5.48. The summed E-state index contributed by atoms with van der Waals surface area (Å²) in [7, 11) is -3.60. The van der Waals surface area contributed by atoms with Gasteiger partial charge in [-0.1, -0.05) is 31.4 Å². The van der Waals surface area contributed by atoms with Crippen LogP contribution < -0.4 is 15.5 Å². The van der Waals surface area contributed by atoms with Crippen LogP contribution in [0.4, 0.5) is 5.69 Å². The number of fused-ring (bicyclic) bond motifs is 1. The van der Waals surface area contributed by atoms with Crippen LogP contribution in [0.1, 0.15) is 37.7 Å². The Morgan fingerprint density at radius 2 is 1.72 bits per heavy atom. The lowest BCUT2D eigenvalue weighted by atomic mass is 9.96. The number of benzene rings is 2. The third-order valence-corrected chi connectivity index (χ3v) is 7.02. The SMILES string of the molecule is O=C(/C=C/c1coc2ccccc2c1=O)Nc1ccc(S(=O)(=O)NC2CCCCC2)cc1. The van der Waals surface area contributed by atoms with E-state index < -0.39 is 15.9 Å². The molecule has 1 aromatic heterocycles. The van der Waals surface area contributed by atoms with Crippen molar-refractivity contribution in [2.24, 2.45) is 0 Å². The molecule has 1 amide bonds. The summed E-state index contributed by atoms with van der Waals surface area (Å²) >= 11 is 0.